The van der Waals surface area contributed by atoms with Crippen molar-refractivity contribution in [2.75, 3.05) is 11.9 Å². The van der Waals surface area contributed by atoms with Gasteiger partial charge in [0.05, 0.1) is 6.61 Å². The van der Waals surface area contributed by atoms with Gasteiger partial charge in [-0.05, 0) is 6.07 Å². The van der Waals surface area contributed by atoms with E-state index in [1.807, 2.05) is 0 Å². The first-order valence-corrected chi connectivity index (χ1v) is 5.68. The maximum absolute atomic E-state index is 13.8. The zero-order valence-corrected chi connectivity index (χ0v) is 10.3. The minimum Gasteiger partial charge on any atom is -0.465 e. The van der Waals surface area contributed by atoms with Gasteiger partial charge in [-0.2, -0.15) is 13.8 Å². The minimum atomic E-state index is -3.82. The molecule has 1 amide bonds. The van der Waals surface area contributed by atoms with Crippen molar-refractivity contribution >= 4 is 11.9 Å². The summed E-state index contributed by atoms with van der Waals surface area (Å²) in [5, 5.41) is 28.4. The molecule has 0 saturated carbocycles. The largest absolute Gasteiger partial charge is 0.465 e. The van der Waals surface area contributed by atoms with E-state index in [1.165, 1.54) is 0 Å². The highest BCUT2D eigenvalue weighted by molar-refractivity contribution is 5.81. The fraction of sp³-hybridized carbons (Fsp3) is 0.500. The van der Waals surface area contributed by atoms with Crippen LogP contribution in [-0.4, -0.2) is 55.7 Å². The van der Waals surface area contributed by atoms with Gasteiger partial charge in [-0.3, -0.25) is 9.88 Å². The van der Waals surface area contributed by atoms with Crippen molar-refractivity contribution in [1.82, 2.24) is 9.55 Å². The summed E-state index contributed by atoms with van der Waals surface area (Å²) in [5.41, 5.74) is -1.20. The van der Waals surface area contributed by atoms with Crippen molar-refractivity contribution < 1.29 is 33.6 Å². The van der Waals surface area contributed by atoms with Crippen LogP contribution in [0.3, 0.4) is 0 Å². The minimum absolute atomic E-state index is 0.343. The average Bonchev–Trinajstić information content (AvgIpc) is 2.61. The number of hydrogen-bond donors (Lipinski definition) is 4. The van der Waals surface area contributed by atoms with Gasteiger partial charge in [0.2, 0.25) is 6.23 Å². The van der Waals surface area contributed by atoms with Gasteiger partial charge in [0.1, 0.15) is 11.9 Å². The fourth-order valence-corrected chi connectivity index (χ4v) is 1.89. The van der Waals surface area contributed by atoms with Crippen molar-refractivity contribution in [3.8, 4) is 0 Å². The Bertz CT molecular complexity index is 607. The predicted molar refractivity (Wildman–Crippen MR) is 62.1 cm³/mol. The van der Waals surface area contributed by atoms with Crippen LogP contribution in [0.4, 0.5) is 19.4 Å². The molecule has 9 nitrogen and oxygen atoms in total. The van der Waals surface area contributed by atoms with Crippen molar-refractivity contribution in [3.05, 3.63) is 22.7 Å². The number of hydrogen-bond acceptors (Lipinski definition) is 6. The lowest BCUT2D eigenvalue weighted by Crippen LogP contribution is -2.41. The number of ether oxygens (including phenoxy) is 1. The third-order valence-corrected chi connectivity index (χ3v) is 2.88. The van der Waals surface area contributed by atoms with E-state index in [2.05, 4.69) is 4.98 Å². The molecule has 1 aliphatic rings. The monoisotopic (exact) mass is 307 g/mol. The first-order chi connectivity index (χ1) is 9.77. The maximum atomic E-state index is 13.8. The highest BCUT2D eigenvalue weighted by atomic mass is 19.3. The number of carbonyl (C=O) groups is 1. The van der Waals surface area contributed by atoms with Crippen LogP contribution in [0.1, 0.15) is 6.23 Å². The van der Waals surface area contributed by atoms with Crippen molar-refractivity contribution in [3.63, 3.8) is 0 Å². The van der Waals surface area contributed by atoms with E-state index in [-0.39, 0.29) is 5.82 Å². The summed E-state index contributed by atoms with van der Waals surface area (Å²) in [4.78, 5) is 25.3. The van der Waals surface area contributed by atoms with Crippen LogP contribution in [0.15, 0.2) is 17.1 Å². The topological polar surface area (TPSA) is 134 Å². The first-order valence-electron chi connectivity index (χ1n) is 5.68. The number of anilines is 1. The van der Waals surface area contributed by atoms with Crippen LogP contribution in [0, 0.1) is 0 Å². The number of aromatic nitrogens is 2. The van der Waals surface area contributed by atoms with Gasteiger partial charge in [-0.25, -0.2) is 9.59 Å². The lowest BCUT2D eigenvalue weighted by Gasteiger charge is -2.21. The van der Waals surface area contributed by atoms with Gasteiger partial charge < -0.3 is 20.1 Å². The Morgan fingerprint density at radius 2 is 2.24 bits per heavy atom. The summed E-state index contributed by atoms with van der Waals surface area (Å²) in [7, 11) is 0. The van der Waals surface area contributed by atoms with E-state index in [0.29, 0.717) is 4.57 Å². The van der Waals surface area contributed by atoms with E-state index in [4.69, 9.17) is 14.9 Å². The first kappa shape index (κ1) is 15.3. The maximum Gasteiger partial charge on any atom is 0.410 e. The van der Waals surface area contributed by atoms with E-state index < -0.39 is 42.7 Å². The van der Waals surface area contributed by atoms with Crippen LogP contribution in [0.2, 0.25) is 0 Å². The third kappa shape index (κ3) is 2.70. The molecule has 0 bridgehead atoms. The third-order valence-electron chi connectivity index (χ3n) is 2.88. The Labute approximate surface area is 115 Å². The second kappa shape index (κ2) is 5.35. The zero-order valence-electron chi connectivity index (χ0n) is 10.3. The molecule has 0 aromatic carbocycles. The molecule has 1 saturated heterocycles. The normalized spacial score (nSPS) is 27.5. The van der Waals surface area contributed by atoms with Gasteiger partial charge in [-0.1, -0.05) is 0 Å². The number of alkyl halides is 2. The number of carboxylic acid groups (broad SMARTS) is 1. The van der Waals surface area contributed by atoms with E-state index >= 15 is 0 Å². The number of halogens is 2. The molecule has 0 unspecified atom stereocenters. The van der Waals surface area contributed by atoms with Gasteiger partial charge in [0.15, 0.2) is 6.10 Å². The highest BCUT2D eigenvalue weighted by Gasteiger charge is 2.59. The standard InChI is InChI=1S/C10H11F2N3O6/c11-10(12)6(17)4(3-16)21-7(10)15-2-1-5(13-8(15)18)14-9(19)20/h1-2,4,6-7,16-17H,3H2,(H,19,20)(H,13,14,18)/t4-,6-,7-/m0/s1. The number of aliphatic hydroxyl groups excluding tert-OH is 2. The number of rotatable bonds is 3. The molecule has 2 rings (SSSR count). The molecule has 2 heterocycles. The number of aliphatic hydroxyl groups is 2. The van der Waals surface area contributed by atoms with Crippen molar-refractivity contribution in [2.24, 2.45) is 0 Å². The van der Waals surface area contributed by atoms with Gasteiger partial charge in [-0.15, -0.1) is 0 Å². The molecule has 116 valence electrons. The van der Waals surface area contributed by atoms with Crippen molar-refractivity contribution in [2.45, 2.75) is 24.4 Å². The Morgan fingerprint density at radius 1 is 1.57 bits per heavy atom. The molecule has 0 spiro atoms. The quantitative estimate of drug-likeness (QED) is 0.575. The average molecular weight is 307 g/mol. The van der Waals surface area contributed by atoms with Gasteiger partial charge in [0, 0.05) is 6.20 Å². The van der Waals surface area contributed by atoms with E-state index in [1.54, 1.807) is 5.32 Å². The second-order valence-electron chi connectivity index (χ2n) is 4.26. The summed E-state index contributed by atoms with van der Waals surface area (Å²) in [6.07, 6.45) is -6.60. The molecule has 1 aliphatic heterocycles. The molecule has 11 heteroatoms. The van der Waals surface area contributed by atoms with Crippen molar-refractivity contribution in [1.29, 1.82) is 0 Å². The Hall–Kier alpha value is -2.11. The molecular weight excluding hydrogens is 296 g/mol. The molecule has 21 heavy (non-hydrogen) atoms. The molecule has 0 radical (unpaired) electrons. The smallest absolute Gasteiger partial charge is 0.410 e. The Kier molecular flexibility index (Phi) is 3.89. The molecule has 4 N–H and O–H groups in total. The molecule has 3 atom stereocenters. The highest BCUT2D eigenvalue weighted by Crippen LogP contribution is 2.41. The molecule has 1 aromatic heterocycles. The fourth-order valence-electron chi connectivity index (χ4n) is 1.89. The number of nitrogens with one attached hydrogen (secondary N) is 1. The van der Waals surface area contributed by atoms with Crippen LogP contribution in [0.5, 0.6) is 0 Å². The molecular formula is C10H11F2N3O6. The predicted octanol–water partition coefficient (Wildman–Crippen LogP) is -0.781. The second-order valence-corrected chi connectivity index (χ2v) is 4.26. The summed E-state index contributed by atoms with van der Waals surface area (Å²) >= 11 is 0. The summed E-state index contributed by atoms with van der Waals surface area (Å²) in [5.74, 6) is -4.16. The Morgan fingerprint density at radius 3 is 2.71 bits per heavy atom. The number of amides is 1. The molecule has 0 aliphatic carbocycles. The number of nitrogens with zero attached hydrogens (tertiary/aromatic N) is 2. The lowest BCUT2D eigenvalue weighted by atomic mass is 10.1. The van der Waals surface area contributed by atoms with E-state index in [9.17, 15) is 23.5 Å². The SMILES string of the molecule is O=C(O)Nc1ccn([C@H]2O[C@@H](CO)[C@H](O)C2(F)F)c(=O)n1. The van der Waals surface area contributed by atoms with Gasteiger partial charge in [0.25, 0.3) is 0 Å². The Balaban J connectivity index is 2.34. The van der Waals surface area contributed by atoms with Crippen LogP contribution in [-0.2, 0) is 4.74 Å². The molecule has 1 aromatic rings. The van der Waals surface area contributed by atoms with E-state index in [0.717, 1.165) is 12.3 Å². The summed E-state index contributed by atoms with van der Waals surface area (Å²) in [6, 6.07) is 0.980. The summed E-state index contributed by atoms with van der Waals surface area (Å²) in [6.45, 7) is -0.853. The lowest BCUT2D eigenvalue weighted by molar-refractivity contribution is -0.140. The van der Waals surface area contributed by atoms with Crippen LogP contribution < -0.4 is 11.0 Å². The zero-order chi connectivity index (χ0) is 15.8. The van der Waals surface area contributed by atoms with Crippen LogP contribution in [0.25, 0.3) is 0 Å². The molecule has 1 fully saturated rings. The van der Waals surface area contributed by atoms with Gasteiger partial charge >= 0.3 is 17.7 Å². The van der Waals surface area contributed by atoms with Crippen LogP contribution >= 0.6 is 0 Å². The summed E-state index contributed by atoms with van der Waals surface area (Å²) < 4.78 is 32.8.